The van der Waals surface area contributed by atoms with E-state index in [2.05, 4.69) is 15.2 Å². The van der Waals surface area contributed by atoms with E-state index < -0.39 is 0 Å². The smallest absolute Gasteiger partial charge is 0.211 e. The molecule has 6 heteroatoms. The first-order chi connectivity index (χ1) is 5.74. The number of hydrogen-bond donors (Lipinski definition) is 0. The number of aromatic nitrogens is 2. The van der Waals surface area contributed by atoms with E-state index in [4.69, 9.17) is 23.2 Å². The van der Waals surface area contributed by atoms with Gasteiger partial charge in [-0.25, -0.2) is 9.79 Å². The Balaban J connectivity index is 2.96. The highest BCUT2D eigenvalue weighted by atomic mass is 35.5. The third-order valence-electron chi connectivity index (χ3n) is 1.11. The maximum Gasteiger partial charge on any atom is 0.235 e. The molecule has 0 bridgehead atoms. The molecule has 0 aromatic carbocycles. The van der Waals surface area contributed by atoms with Crippen LogP contribution in [0.2, 0.25) is 10.3 Å². The third kappa shape index (κ3) is 2.27. The van der Waals surface area contributed by atoms with Gasteiger partial charge in [0.1, 0.15) is 0 Å². The standard InChI is InChI=1S/C6H3Cl2N3O/c7-5-1-4(2-9-3-12)6(8)11-10-5/h1H,2H2. The number of carbonyl (C=O) groups excluding carboxylic acids is 1. The van der Waals surface area contributed by atoms with Crippen LogP contribution >= 0.6 is 23.2 Å². The Morgan fingerprint density at radius 2 is 2.25 bits per heavy atom. The monoisotopic (exact) mass is 203 g/mol. The number of aliphatic imine (C=N–C) groups is 1. The van der Waals surface area contributed by atoms with Crippen molar-refractivity contribution in [3.05, 3.63) is 21.9 Å². The summed E-state index contributed by atoms with van der Waals surface area (Å²) in [7, 11) is 0. The predicted molar refractivity (Wildman–Crippen MR) is 43.9 cm³/mol. The zero-order valence-electron chi connectivity index (χ0n) is 5.79. The number of halogens is 2. The van der Waals surface area contributed by atoms with Gasteiger partial charge in [0.15, 0.2) is 10.3 Å². The van der Waals surface area contributed by atoms with Crippen LogP contribution in [0, 0.1) is 0 Å². The van der Waals surface area contributed by atoms with Crippen molar-refractivity contribution in [1.82, 2.24) is 10.2 Å². The van der Waals surface area contributed by atoms with E-state index in [9.17, 15) is 4.79 Å². The van der Waals surface area contributed by atoms with Crippen LogP contribution in [0.4, 0.5) is 0 Å². The molecule has 0 aliphatic heterocycles. The zero-order chi connectivity index (χ0) is 8.97. The first-order valence-corrected chi connectivity index (χ1v) is 3.71. The molecule has 1 aromatic heterocycles. The van der Waals surface area contributed by atoms with Crippen LogP contribution in [0.5, 0.6) is 0 Å². The van der Waals surface area contributed by atoms with Gasteiger partial charge in [0.2, 0.25) is 6.08 Å². The Hall–Kier alpha value is -0.960. The Morgan fingerprint density at radius 3 is 2.92 bits per heavy atom. The molecule has 0 N–H and O–H groups in total. The molecule has 0 aliphatic rings. The molecule has 0 unspecified atom stereocenters. The molecule has 0 spiro atoms. The van der Waals surface area contributed by atoms with Gasteiger partial charge >= 0.3 is 0 Å². The lowest BCUT2D eigenvalue weighted by molar-refractivity contribution is 0.562. The Morgan fingerprint density at radius 1 is 1.50 bits per heavy atom. The summed E-state index contributed by atoms with van der Waals surface area (Å²) >= 11 is 11.1. The van der Waals surface area contributed by atoms with E-state index in [-0.39, 0.29) is 16.9 Å². The van der Waals surface area contributed by atoms with Crippen LogP contribution in [0.1, 0.15) is 5.56 Å². The van der Waals surface area contributed by atoms with Crippen molar-refractivity contribution in [3.8, 4) is 0 Å². The van der Waals surface area contributed by atoms with Gasteiger partial charge in [0, 0.05) is 5.56 Å². The van der Waals surface area contributed by atoms with Gasteiger partial charge in [0.05, 0.1) is 6.54 Å². The minimum atomic E-state index is 0.123. The van der Waals surface area contributed by atoms with E-state index in [0.29, 0.717) is 5.56 Å². The molecule has 4 nitrogen and oxygen atoms in total. The molecular formula is C6H3Cl2N3O. The van der Waals surface area contributed by atoms with Gasteiger partial charge in [-0.3, -0.25) is 0 Å². The molecule has 1 heterocycles. The average molecular weight is 204 g/mol. The summed E-state index contributed by atoms with van der Waals surface area (Å²) in [5.74, 6) is 0. The van der Waals surface area contributed by atoms with E-state index in [1.54, 1.807) is 0 Å². The van der Waals surface area contributed by atoms with E-state index >= 15 is 0 Å². The van der Waals surface area contributed by atoms with Crippen LogP contribution in [0.3, 0.4) is 0 Å². The summed E-state index contributed by atoms with van der Waals surface area (Å²) in [6.45, 7) is 0.123. The number of rotatable bonds is 2. The average Bonchev–Trinajstić information content (AvgIpc) is 2.07. The molecule has 0 amide bonds. The van der Waals surface area contributed by atoms with Crippen LogP contribution in [0.15, 0.2) is 11.1 Å². The molecule has 0 fully saturated rings. The Labute approximate surface area is 78.2 Å². The highest BCUT2D eigenvalue weighted by Crippen LogP contribution is 2.15. The van der Waals surface area contributed by atoms with Crippen LogP contribution in [-0.2, 0) is 11.3 Å². The summed E-state index contributed by atoms with van der Waals surface area (Å²) in [4.78, 5) is 13.1. The summed E-state index contributed by atoms with van der Waals surface area (Å²) < 4.78 is 0. The van der Waals surface area contributed by atoms with E-state index in [1.807, 2.05) is 0 Å². The lowest BCUT2D eigenvalue weighted by atomic mass is 10.3. The van der Waals surface area contributed by atoms with Gasteiger partial charge in [0.25, 0.3) is 0 Å². The van der Waals surface area contributed by atoms with Gasteiger partial charge in [-0.15, -0.1) is 10.2 Å². The number of nitrogens with zero attached hydrogens (tertiary/aromatic N) is 3. The lowest BCUT2D eigenvalue weighted by Gasteiger charge is -1.96. The Kier molecular flexibility index (Phi) is 3.17. The summed E-state index contributed by atoms with van der Waals surface area (Å²) in [6.07, 6.45) is 1.39. The van der Waals surface area contributed by atoms with Crippen molar-refractivity contribution in [3.63, 3.8) is 0 Å². The number of isocyanates is 1. The van der Waals surface area contributed by atoms with E-state index in [0.717, 1.165) is 0 Å². The lowest BCUT2D eigenvalue weighted by Crippen LogP contribution is -1.90. The highest BCUT2D eigenvalue weighted by Gasteiger charge is 2.02. The van der Waals surface area contributed by atoms with E-state index in [1.165, 1.54) is 12.1 Å². The molecule has 0 saturated heterocycles. The van der Waals surface area contributed by atoms with Crippen LogP contribution in [-0.4, -0.2) is 16.3 Å². The molecule has 0 aliphatic carbocycles. The molecule has 62 valence electrons. The SMILES string of the molecule is O=C=NCc1cc(Cl)nnc1Cl. The molecule has 0 saturated carbocycles. The molecule has 1 aromatic rings. The topological polar surface area (TPSA) is 55.2 Å². The largest absolute Gasteiger partial charge is 0.235 e. The maximum atomic E-state index is 9.77. The van der Waals surface area contributed by atoms with Gasteiger partial charge < -0.3 is 0 Å². The summed E-state index contributed by atoms with van der Waals surface area (Å²) in [5, 5.41) is 7.43. The normalized spacial score (nSPS) is 9.17. The fraction of sp³-hybridized carbons (Fsp3) is 0.167. The fourth-order valence-electron chi connectivity index (χ4n) is 0.616. The predicted octanol–water partition coefficient (Wildman–Crippen LogP) is 1.62. The minimum Gasteiger partial charge on any atom is -0.211 e. The first kappa shape index (κ1) is 9.13. The summed E-state index contributed by atoms with van der Waals surface area (Å²) in [5.41, 5.74) is 0.556. The molecule has 12 heavy (non-hydrogen) atoms. The quantitative estimate of drug-likeness (QED) is 0.543. The maximum absolute atomic E-state index is 9.77. The van der Waals surface area contributed by atoms with Crippen molar-refractivity contribution in [2.24, 2.45) is 4.99 Å². The molecule has 0 radical (unpaired) electrons. The van der Waals surface area contributed by atoms with Crippen molar-refractivity contribution < 1.29 is 4.79 Å². The van der Waals surface area contributed by atoms with Crippen molar-refractivity contribution in [1.29, 1.82) is 0 Å². The number of hydrogen-bond acceptors (Lipinski definition) is 4. The zero-order valence-corrected chi connectivity index (χ0v) is 7.30. The van der Waals surface area contributed by atoms with Crippen molar-refractivity contribution >= 4 is 29.3 Å². The van der Waals surface area contributed by atoms with Crippen LogP contribution < -0.4 is 0 Å². The van der Waals surface area contributed by atoms with Crippen molar-refractivity contribution in [2.45, 2.75) is 6.54 Å². The third-order valence-corrected chi connectivity index (χ3v) is 1.61. The first-order valence-electron chi connectivity index (χ1n) is 2.95. The molecular weight excluding hydrogens is 201 g/mol. The second kappa shape index (κ2) is 4.16. The van der Waals surface area contributed by atoms with Crippen molar-refractivity contribution in [2.75, 3.05) is 0 Å². The fourth-order valence-corrected chi connectivity index (χ4v) is 0.938. The van der Waals surface area contributed by atoms with Gasteiger partial charge in [-0.05, 0) is 6.07 Å². The Bertz CT molecular complexity index is 336. The minimum absolute atomic E-state index is 0.123. The summed E-state index contributed by atoms with van der Waals surface area (Å²) in [6, 6.07) is 1.50. The second-order valence-corrected chi connectivity index (χ2v) is 2.64. The van der Waals surface area contributed by atoms with Crippen LogP contribution in [0.25, 0.3) is 0 Å². The molecule has 1 rings (SSSR count). The van der Waals surface area contributed by atoms with Gasteiger partial charge in [-0.2, -0.15) is 0 Å². The molecule has 0 atom stereocenters. The van der Waals surface area contributed by atoms with Gasteiger partial charge in [-0.1, -0.05) is 23.2 Å². The second-order valence-electron chi connectivity index (χ2n) is 1.89. The highest BCUT2D eigenvalue weighted by molar-refractivity contribution is 6.31.